The molecule has 0 saturated carbocycles. The number of carboxylic acids is 1. The molecule has 0 aliphatic carbocycles. The van der Waals surface area contributed by atoms with Crippen molar-refractivity contribution in [2.75, 3.05) is 6.54 Å². The number of rotatable bonds is 6. The lowest BCUT2D eigenvalue weighted by Crippen LogP contribution is -2.48. The van der Waals surface area contributed by atoms with Crippen molar-refractivity contribution in [1.82, 2.24) is 10.6 Å². The van der Waals surface area contributed by atoms with E-state index in [4.69, 9.17) is 5.11 Å². The topological polar surface area (TPSA) is 78.4 Å². The summed E-state index contributed by atoms with van der Waals surface area (Å²) in [5.74, 6) is -1.38. The van der Waals surface area contributed by atoms with Gasteiger partial charge < -0.3 is 15.7 Å². The second kappa shape index (κ2) is 6.27. The van der Waals surface area contributed by atoms with E-state index >= 15 is 0 Å². The van der Waals surface area contributed by atoms with Gasteiger partial charge >= 0.3 is 5.97 Å². The average Bonchev–Trinajstić information content (AvgIpc) is 2.13. The molecule has 0 aromatic heterocycles. The van der Waals surface area contributed by atoms with Gasteiger partial charge in [-0.15, -0.1) is 6.58 Å². The molecule has 0 aliphatic heterocycles. The van der Waals surface area contributed by atoms with Gasteiger partial charge in [0.1, 0.15) is 6.04 Å². The number of hydrogen-bond acceptors (Lipinski definition) is 3. The number of amides is 1. The standard InChI is InChI=1S/C11H20N2O3/c1-5-6-8(10(15)16)13-9(14)7-12-11(2,3)4/h5,8,12H,1,6-7H2,2-4H3,(H,13,14)(H,15,16). The van der Waals surface area contributed by atoms with Crippen LogP contribution in [0.4, 0.5) is 0 Å². The Labute approximate surface area is 95.9 Å². The summed E-state index contributed by atoms with van der Waals surface area (Å²) < 4.78 is 0. The van der Waals surface area contributed by atoms with E-state index in [1.54, 1.807) is 0 Å². The van der Waals surface area contributed by atoms with Gasteiger partial charge in [0.05, 0.1) is 6.54 Å². The zero-order valence-corrected chi connectivity index (χ0v) is 10.0. The monoisotopic (exact) mass is 228 g/mol. The molecule has 5 nitrogen and oxygen atoms in total. The first kappa shape index (κ1) is 14.6. The van der Waals surface area contributed by atoms with Gasteiger partial charge in [0.15, 0.2) is 0 Å². The van der Waals surface area contributed by atoms with Crippen LogP contribution in [0, 0.1) is 0 Å². The molecule has 1 unspecified atom stereocenters. The molecule has 92 valence electrons. The van der Waals surface area contributed by atoms with Gasteiger partial charge in [-0.1, -0.05) is 6.08 Å². The van der Waals surface area contributed by atoms with Crippen molar-refractivity contribution in [2.45, 2.75) is 38.8 Å². The molecule has 0 aromatic rings. The molecule has 1 atom stereocenters. The Bertz CT molecular complexity index is 269. The summed E-state index contributed by atoms with van der Waals surface area (Å²) in [7, 11) is 0. The molecule has 0 aliphatic rings. The normalized spacial score (nSPS) is 12.9. The van der Waals surface area contributed by atoms with Crippen molar-refractivity contribution in [1.29, 1.82) is 0 Å². The lowest BCUT2D eigenvalue weighted by atomic mass is 10.1. The van der Waals surface area contributed by atoms with Gasteiger partial charge in [-0.05, 0) is 27.2 Å². The highest BCUT2D eigenvalue weighted by Gasteiger charge is 2.19. The highest BCUT2D eigenvalue weighted by Crippen LogP contribution is 1.97. The molecule has 5 heteroatoms. The zero-order chi connectivity index (χ0) is 12.8. The first-order valence-electron chi connectivity index (χ1n) is 5.14. The number of carboxylic acid groups (broad SMARTS) is 1. The van der Waals surface area contributed by atoms with Gasteiger partial charge in [0.2, 0.25) is 5.91 Å². The summed E-state index contributed by atoms with van der Waals surface area (Å²) in [5.41, 5.74) is -0.172. The van der Waals surface area contributed by atoms with Gasteiger partial charge in [-0.25, -0.2) is 4.79 Å². The number of carbonyl (C=O) groups is 2. The van der Waals surface area contributed by atoms with Crippen LogP contribution in [0.25, 0.3) is 0 Å². The smallest absolute Gasteiger partial charge is 0.326 e. The molecule has 0 radical (unpaired) electrons. The Morgan fingerprint density at radius 1 is 1.44 bits per heavy atom. The summed E-state index contributed by atoms with van der Waals surface area (Å²) in [4.78, 5) is 22.2. The minimum absolute atomic E-state index is 0.102. The van der Waals surface area contributed by atoms with Crippen molar-refractivity contribution in [3.8, 4) is 0 Å². The summed E-state index contributed by atoms with van der Waals surface area (Å²) in [6.45, 7) is 9.33. The van der Waals surface area contributed by atoms with Crippen molar-refractivity contribution in [3.63, 3.8) is 0 Å². The van der Waals surface area contributed by atoms with Crippen LogP contribution in [-0.2, 0) is 9.59 Å². The van der Waals surface area contributed by atoms with Crippen LogP contribution in [-0.4, -0.2) is 35.1 Å². The third-order valence-electron chi connectivity index (χ3n) is 1.81. The first-order chi connectivity index (χ1) is 7.26. The van der Waals surface area contributed by atoms with Crippen LogP contribution in [0.1, 0.15) is 27.2 Å². The molecule has 0 rings (SSSR count). The molecule has 16 heavy (non-hydrogen) atoms. The molecule has 0 spiro atoms. The van der Waals surface area contributed by atoms with E-state index in [1.807, 2.05) is 20.8 Å². The lowest BCUT2D eigenvalue weighted by Gasteiger charge is -2.21. The van der Waals surface area contributed by atoms with E-state index in [-0.39, 0.29) is 24.4 Å². The average molecular weight is 228 g/mol. The number of hydrogen-bond donors (Lipinski definition) is 3. The second-order valence-corrected chi connectivity index (χ2v) is 4.59. The maximum Gasteiger partial charge on any atom is 0.326 e. The van der Waals surface area contributed by atoms with E-state index < -0.39 is 12.0 Å². The maximum atomic E-state index is 11.4. The Kier molecular flexibility index (Phi) is 5.74. The molecule has 0 bridgehead atoms. The first-order valence-corrected chi connectivity index (χ1v) is 5.14. The number of aliphatic carboxylic acids is 1. The van der Waals surface area contributed by atoms with Crippen LogP contribution in [0.3, 0.4) is 0 Å². The van der Waals surface area contributed by atoms with E-state index in [0.717, 1.165) is 0 Å². The predicted octanol–water partition coefficient (Wildman–Crippen LogP) is 0.520. The summed E-state index contributed by atoms with van der Waals surface area (Å²) >= 11 is 0. The molecular formula is C11H20N2O3. The third-order valence-corrected chi connectivity index (χ3v) is 1.81. The van der Waals surface area contributed by atoms with E-state index in [1.165, 1.54) is 6.08 Å². The molecular weight excluding hydrogens is 208 g/mol. The zero-order valence-electron chi connectivity index (χ0n) is 10.0. The molecule has 0 fully saturated rings. The van der Waals surface area contributed by atoms with Crippen LogP contribution < -0.4 is 10.6 Å². The van der Waals surface area contributed by atoms with Crippen LogP contribution in [0.2, 0.25) is 0 Å². The lowest BCUT2D eigenvalue weighted by molar-refractivity contribution is -0.141. The van der Waals surface area contributed by atoms with Crippen LogP contribution in [0.5, 0.6) is 0 Å². The van der Waals surface area contributed by atoms with Gasteiger partial charge in [0, 0.05) is 5.54 Å². The van der Waals surface area contributed by atoms with Crippen LogP contribution >= 0.6 is 0 Å². The second-order valence-electron chi connectivity index (χ2n) is 4.59. The largest absolute Gasteiger partial charge is 0.480 e. The summed E-state index contributed by atoms with van der Waals surface area (Å²) in [6.07, 6.45) is 1.69. The Morgan fingerprint density at radius 3 is 2.38 bits per heavy atom. The van der Waals surface area contributed by atoms with Gasteiger partial charge in [0.25, 0.3) is 0 Å². The Balaban J connectivity index is 4.10. The Hall–Kier alpha value is -1.36. The maximum absolute atomic E-state index is 11.4. The quantitative estimate of drug-likeness (QED) is 0.579. The third kappa shape index (κ3) is 7.00. The highest BCUT2D eigenvalue weighted by molar-refractivity contribution is 5.84. The highest BCUT2D eigenvalue weighted by atomic mass is 16.4. The van der Waals surface area contributed by atoms with Gasteiger partial charge in [-0.2, -0.15) is 0 Å². The molecule has 0 heterocycles. The van der Waals surface area contributed by atoms with Crippen molar-refractivity contribution in [2.24, 2.45) is 0 Å². The van der Waals surface area contributed by atoms with Crippen LogP contribution in [0.15, 0.2) is 12.7 Å². The Morgan fingerprint density at radius 2 is 2.00 bits per heavy atom. The fourth-order valence-electron chi connectivity index (χ4n) is 0.979. The molecule has 0 aromatic carbocycles. The molecule has 1 amide bonds. The summed E-state index contributed by atoms with van der Waals surface area (Å²) in [5, 5.41) is 14.2. The van der Waals surface area contributed by atoms with Crippen molar-refractivity contribution in [3.05, 3.63) is 12.7 Å². The van der Waals surface area contributed by atoms with Gasteiger partial charge in [-0.3, -0.25) is 4.79 Å². The van der Waals surface area contributed by atoms with Crippen molar-refractivity contribution < 1.29 is 14.7 Å². The van der Waals surface area contributed by atoms with E-state index in [0.29, 0.717) is 0 Å². The van der Waals surface area contributed by atoms with E-state index in [2.05, 4.69) is 17.2 Å². The number of carbonyl (C=O) groups excluding carboxylic acids is 1. The van der Waals surface area contributed by atoms with E-state index in [9.17, 15) is 9.59 Å². The SMILES string of the molecule is C=CCC(NC(=O)CNC(C)(C)C)C(=O)O. The fraction of sp³-hybridized carbons (Fsp3) is 0.636. The minimum Gasteiger partial charge on any atom is -0.480 e. The predicted molar refractivity (Wildman–Crippen MR) is 62.1 cm³/mol. The minimum atomic E-state index is -1.05. The fourth-order valence-corrected chi connectivity index (χ4v) is 0.979. The molecule has 3 N–H and O–H groups in total. The number of nitrogens with one attached hydrogen (secondary N) is 2. The van der Waals surface area contributed by atoms with Crippen molar-refractivity contribution >= 4 is 11.9 Å². The summed E-state index contributed by atoms with van der Waals surface area (Å²) in [6, 6.07) is -0.897. The molecule has 0 saturated heterocycles.